The number of benzene rings is 1. The van der Waals surface area contributed by atoms with Crippen molar-refractivity contribution in [3.63, 3.8) is 0 Å². The Kier molecular flexibility index (Phi) is 3.27. The van der Waals surface area contributed by atoms with Crippen LogP contribution in [0.1, 0.15) is 6.92 Å². The van der Waals surface area contributed by atoms with Crippen LogP contribution in [0, 0.1) is 11.6 Å². The van der Waals surface area contributed by atoms with Gasteiger partial charge in [0.05, 0.1) is 6.20 Å². The van der Waals surface area contributed by atoms with Gasteiger partial charge in [-0.3, -0.25) is 0 Å². The highest BCUT2D eigenvalue weighted by molar-refractivity contribution is 5.61. The van der Waals surface area contributed by atoms with Crippen LogP contribution in [0.25, 0.3) is 11.3 Å². The topological polar surface area (TPSA) is 37.8 Å². The molecule has 17 heavy (non-hydrogen) atoms. The molecule has 0 radical (unpaired) electrons. The van der Waals surface area contributed by atoms with Crippen LogP contribution in [-0.4, -0.2) is 16.5 Å². The lowest BCUT2D eigenvalue weighted by Gasteiger charge is -2.06. The third kappa shape index (κ3) is 2.38. The van der Waals surface area contributed by atoms with Crippen molar-refractivity contribution in [1.82, 2.24) is 9.97 Å². The van der Waals surface area contributed by atoms with Crippen molar-refractivity contribution in [1.29, 1.82) is 0 Å². The number of rotatable bonds is 3. The Morgan fingerprint density at radius 3 is 2.65 bits per heavy atom. The van der Waals surface area contributed by atoms with E-state index in [0.717, 1.165) is 6.20 Å². The number of hydrogen-bond acceptors (Lipinski definition) is 3. The third-order valence-electron chi connectivity index (χ3n) is 2.21. The molecular weight excluding hydrogens is 224 g/mol. The molecule has 0 unspecified atom stereocenters. The second kappa shape index (κ2) is 4.86. The lowest BCUT2D eigenvalue weighted by atomic mass is 10.1. The van der Waals surface area contributed by atoms with Crippen LogP contribution in [0.15, 0.2) is 30.5 Å². The number of nitrogens with zero attached hydrogens (tertiary/aromatic N) is 2. The fourth-order valence-electron chi connectivity index (χ4n) is 1.45. The van der Waals surface area contributed by atoms with Gasteiger partial charge < -0.3 is 5.32 Å². The summed E-state index contributed by atoms with van der Waals surface area (Å²) in [6, 6.07) is 5.93. The highest BCUT2D eigenvalue weighted by atomic mass is 19.1. The number of halogens is 2. The first kappa shape index (κ1) is 11.4. The van der Waals surface area contributed by atoms with Gasteiger partial charge in [0.25, 0.3) is 0 Å². The average Bonchev–Trinajstić information content (AvgIpc) is 2.33. The highest BCUT2D eigenvalue weighted by Gasteiger charge is 2.12. The predicted octanol–water partition coefficient (Wildman–Crippen LogP) is 2.85. The van der Waals surface area contributed by atoms with Gasteiger partial charge in [-0.15, -0.1) is 0 Å². The van der Waals surface area contributed by atoms with Gasteiger partial charge in [0.2, 0.25) is 5.95 Å². The van der Waals surface area contributed by atoms with Crippen LogP contribution in [-0.2, 0) is 0 Å². The van der Waals surface area contributed by atoms with Crippen molar-refractivity contribution in [3.05, 3.63) is 42.1 Å². The Bertz CT molecular complexity index is 529. The van der Waals surface area contributed by atoms with Gasteiger partial charge in [-0.2, -0.15) is 0 Å². The Labute approximate surface area is 97.5 Å². The van der Waals surface area contributed by atoms with Gasteiger partial charge in [0, 0.05) is 12.1 Å². The summed E-state index contributed by atoms with van der Waals surface area (Å²) in [6.45, 7) is 2.48. The first-order valence-electron chi connectivity index (χ1n) is 5.23. The maximum Gasteiger partial charge on any atom is 0.223 e. The van der Waals surface area contributed by atoms with Crippen molar-refractivity contribution in [2.75, 3.05) is 11.9 Å². The molecule has 0 aliphatic heterocycles. The molecule has 0 saturated heterocycles. The van der Waals surface area contributed by atoms with Crippen LogP contribution < -0.4 is 5.32 Å². The van der Waals surface area contributed by atoms with E-state index in [1.165, 1.54) is 12.1 Å². The van der Waals surface area contributed by atoms with E-state index in [2.05, 4.69) is 15.3 Å². The number of nitrogens with one attached hydrogen (secondary N) is 1. The molecule has 0 amide bonds. The molecule has 1 aromatic carbocycles. The van der Waals surface area contributed by atoms with Crippen LogP contribution in [0.5, 0.6) is 0 Å². The zero-order valence-corrected chi connectivity index (χ0v) is 9.24. The summed E-state index contributed by atoms with van der Waals surface area (Å²) in [5.41, 5.74) is 0.0978. The average molecular weight is 235 g/mol. The van der Waals surface area contributed by atoms with Crippen LogP contribution in [0.2, 0.25) is 0 Å². The summed E-state index contributed by atoms with van der Waals surface area (Å²) < 4.78 is 27.1. The molecule has 5 heteroatoms. The zero-order chi connectivity index (χ0) is 12.3. The second-order valence-corrected chi connectivity index (χ2v) is 3.40. The molecule has 1 N–H and O–H groups in total. The van der Waals surface area contributed by atoms with Gasteiger partial charge >= 0.3 is 0 Å². The van der Waals surface area contributed by atoms with E-state index in [9.17, 15) is 8.78 Å². The smallest absolute Gasteiger partial charge is 0.223 e. The summed E-state index contributed by atoms with van der Waals surface area (Å²) in [7, 11) is 0. The first-order valence-corrected chi connectivity index (χ1v) is 5.23. The lowest BCUT2D eigenvalue weighted by Crippen LogP contribution is -2.04. The molecule has 0 saturated carbocycles. The fourth-order valence-corrected chi connectivity index (χ4v) is 1.45. The largest absolute Gasteiger partial charge is 0.354 e. The summed E-state index contributed by atoms with van der Waals surface area (Å²) in [4.78, 5) is 7.72. The quantitative estimate of drug-likeness (QED) is 0.888. The Balaban J connectivity index is 2.51. The normalized spacial score (nSPS) is 10.3. The van der Waals surface area contributed by atoms with Gasteiger partial charge in [-0.1, -0.05) is 12.1 Å². The molecule has 0 atom stereocenters. The zero-order valence-electron chi connectivity index (χ0n) is 9.24. The molecule has 2 aromatic rings. The van der Waals surface area contributed by atoms with E-state index >= 15 is 0 Å². The molecule has 0 fully saturated rings. The lowest BCUT2D eigenvalue weighted by molar-refractivity contribution is 0.607. The molecule has 1 heterocycles. The van der Waals surface area contributed by atoms with Gasteiger partial charge in [-0.05, 0) is 19.1 Å². The molecule has 3 nitrogen and oxygen atoms in total. The second-order valence-electron chi connectivity index (χ2n) is 3.40. The van der Waals surface area contributed by atoms with E-state index in [1.54, 1.807) is 12.1 Å². The minimum atomic E-state index is -0.642. The summed E-state index contributed by atoms with van der Waals surface area (Å²) >= 11 is 0. The SMILES string of the molecule is CCNc1ncc(F)c(-c2ccccc2F)n1. The Morgan fingerprint density at radius 1 is 1.18 bits per heavy atom. The first-order chi connectivity index (χ1) is 8.22. The van der Waals surface area contributed by atoms with Crippen molar-refractivity contribution >= 4 is 5.95 Å². The molecule has 88 valence electrons. The number of aromatic nitrogens is 2. The highest BCUT2D eigenvalue weighted by Crippen LogP contribution is 2.23. The minimum Gasteiger partial charge on any atom is -0.354 e. The van der Waals surface area contributed by atoms with Gasteiger partial charge in [0.1, 0.15) is 11.5 Å². The van der Waals surface area contributed by atoms with E-state index in [-0.39, 0.29) is 17.2 Å². The summed E-state index contributed by atoms with van der Waals surface area (Å²) in [5, 5.41) is 2.85. The summed E-state index contributed by atoms with van der Waals surface area (Å²) in [6.07, 6.45) is 1.03. The van der Waals surface area contributed by atoms with Crippen LogP contribution >= 0.6 is 0 Å². The molecular formula is C12H11F2N3. The van der Waals surface area contributed by atoms with Crippen molar-refractivity contribution < 1.29 is 8.78 Å². The number of anilines is 1. The van der Waals surface area contributed by atoms with Crippen molar-refractivity contribution in [3.8, 4) is 11.3 Å². The third-order valence-corrected chi connectivity index (χ3v) is 2.21. The fraction of sp³-hybridized carbons (Fsp3) is 0.167. The molecule has 1 aromatic heterocycles. The van der Waals surface area contributed by atoms with Crippen LogP contribution in [0.3, 0.4) is 0 Å². The van der Waals surface area contributed by atoms with Crippen molar-refractivity contribution in [2.45, 2.75) is 6.92 Å². The van der Waals surface area contributed by atoms with E-state index in [1.807, 2.05) is 6.92 Å². The standard InChI is InChI=1S/C12H11F2N3/c1-2-15-12-16-7-10(14)11(17-12)8-5-3-4-6-9(8)13/h3-7H,2H2,1H3,(H,15,16,17). The summed E-state index contributed by atoms with van der Waals surface area (Å²) in [5.74, 6) is -0.864. The van der Waals surface area contributed by atoms with Gasteiger partial charge in [0.15, 0.2) is 5.82 Å². The molecule has 2 rings (SSSR count). The van der Waals surface area contributed by atoms with Crippen molar-refractivity contribution in [2.24, 2.45) is 0 Å². The van der Waals surface area contributed by atoms with E-state index in [4.69, 9.17) is 0 Å². The monoisotopic (exact) mass is 235 g/mol. The molecule has 0 aliphatic rings. The number of hydrogen-bond donors (Lipinski definition) is 1. The van der Waals surface area contributed by atoms with Crippen LogP contribution in [0.4, 0.5) is 14.7 Å². The molecule has 0 aliphatic carbocycles. The maximum absolute atomic E-state index is 13.6. The molecule has 0 bridgehead atoms. The van der Waals surface area contributed by atoms with E-state index in [0.29, 0.717) is 6.54 Å². The van der Waals surface area contributed by atoms with Gasteiger partial charge in [-0.25, -0.2) is 18.7 Å². The Hall–Kier alpha value is -2.04. The maximum atomic E-state index is 13.6. The predicted molar refractivity (Wildman–Crippen MR) is 61.5 cm³/mol. The minimum absolute atomic E-state index is 0.0333. The van der Waals surface area contributed by atoms with E-state index < -0.39 is 11.6 Å². The Morgan fingerprint density at radius 2 is 1.94 bits per heavy atom. The molecule has 0 spiro atoms.